The molecule has 2 aromatic carbocycles. The number of aliphatic imine (C=N–C) groups is 1. The van der Waals surface area contributed by atoms with Crippen LogP contribution < -0.4 is 4.74 Å². The predicted octanol–water partition coefficient (Wildman–Crippen LogP) is 3.02. The zero-order valence-corrected chi connectivity index (χ0v) is 10.2. The molecule has 0 unspecified atom stereocenters. The summed E-state index contributed by atoms with van der Waals surface area (Å²) in [6.45, 7) is 0.595. The zero-order valence-electron chi connectivity index (χ0n) is 10.2. The molecule has 0 saturated heterocycles. The van der Waals surface area contributed by atoms with Gasteiger partial charge in [-0.25, -0.2) is 0 Å². The molecule has 0 spiro atoms. The first kappa shape index (κ1) is 12.2. The molecule has 3 nitrogen and oxygen atoms in total. The van der Waals surface area contributed by atoms with E-state index in [0.717, 1.165) is 5.56 Å². The highest BCUT2D eigenvalue weighted by Gasteiger charge is 2.00. The Morgan fingerprint density at radius 3 is 2.67 bits per heavy atom. The molecule has 18 heavy (non-hydrogen) atoms. The summed E-state index contributed by atoms with van der Waals surface area (Å²) in [6.07, 6.45) is 1.66. The van der Waals surface area contributed by atoms with Gasteiger partial charge in [-0.1, -0.05) is 30.3 Å². The predicted molar refractivity (Wildman–Crippen MR) is 72.4 cm³/mol. The zero-order chi connectivity index (χ0) is 12.8. The second-order valence-corrected chi connectivity index (χ2v) is 3.88. The summed E-state index contributed by atoms with van der Waals surface area (Å²) < 4.78 is 5.10. The number of hydrogen-bond acceptors (Lipinski definition) is 3. The standard InChI is InChI=1S/C15H15NO2/c1-18-14-7-8-15(17)13(9-14)11-16-10-12-5-3-2-4-6-12/h2-9,11,17H,10H2,1H3. The number of methoxy groups -OCH3 is 1. The van der Waals surface area contributed by atoms with Crippen LogP contribution in [0, 0.1) is 0 Å². The van der Waals surface area contributed by atoms with Crippen molar-refractivity contribution in [2.24, 2.45) is 4.99 Å². The fourth-order valence-electron chi connectivity index (χ4n) is 1.60. The van der Waals surface area contributed by atoms with E-state index in [-0.39, 0.29) is 5.75 Å². The summed E-state index contributed by atoms with van der Waals surface area (Å²) >= 11 is 0. The normalized spacial score (nSPS) is 10.7. The van der Waals surface area contributed by atoms with Crippen LogP contribution in [-0.4, -0.2) is 18.4 Å². The van der Waals surface area contributed by atoms with Crippen molar-refractivity contribution in [3.8, 4) is 11.5 Å². The minimum atomic E-state index is 0.201. The molecule has 0 aliphatic rings. The fourth-order valence-corrected chi connectivity index (χ4v) is 1.60. The summed E-state index contributed by atoms with van der Waals surface area (Å²) in [5, 5.41) is 9.68. The lowest BCUT2D eigenvalue weighted by atomic mass is 10.2. The van der Waals surface area contributed by atoms with Gasteiger partial charge in [-0.3, -0.25) is 4.99 Å². The number of phenolic OH excluding ortho intramolecular Hbond substituents is 1. The summed E-state index contributed by atoms with van der Waals surface area (Å²) in [5.74, 6) is 0.904. The number of rotatable bonds is 4. The maximum absolute atomic E-state index is 9.68. The first-order valence-corrected chi connectivity index (χ1v) is 5.70. The summed E-state index contributed by atoms with van der Waals surface area (Å²) in [6, 6.07) is 15.0. The molecule has 0 aliphatic heterocycles. The first-order chi connectivity index (χ1) is 8.79. The monoisotopic (exact) mass is 241 g/mol. The van der Waals surface area contributed by atoms with Gasteiger partial charge in [0.05, 0.1) is 13.7 Å². The van der Waals surface area contributed by atoms with Crippen LogP contribution in [0.15, 0.2) is 53.5 Å². The van der Waals surface area contributed by atoms with Crippen LogP contribution in [0.2, 0.25) is 0 Å². The van der Waals surface area contributed by atoms with Gasteiger partial charge >= 0.3 is 0 Å². The quantitative estimate of drug-likeness (QED) is 0.836. The van der Waals surface area contributed by atoms with Crippen molar-refractivity contribution in [3.63, 3.8) is 0 Å². The van der Waals surface area contributed by atoms with Gasteiger partial charge < -0.3 is 9.84 Å². The van der Waals surface area contributed by atoms with E-state index >= 15 is 0 Å². The first-order valence-electron chi connectivity index (χ1n) is 5.70. The van der Waals surface area contributed by atoms with E-state index in [2.05, 4.69) is 4.99 Å². The average molecular weight is 241 g/mol. The summed E-state index contributed by atoms with van der Waals surface area (Å²) in [5.41, 5.74) is 1.79. The minimum absolute atomic E-state index is 0.201. The third-order valence-electron chi connectivity index (χ3n) is 2.58. The van der Waals surface area contributed by atoms with Crippen molar-refractivity contribution in [3.05, 3.63) is 59.7 Å². The van der Waals surface area contributed by atoms with Crippen molar-refractivity contribution in [1.29, 1.82) is 0 Å². The molecule has 2 aromatic rings. The molecule has 0 radical (unpaired) electrons. The third kappa shape index (κ3) is 3.10. The van der Waals surface area contributed by atoms with E-state index in [1.54, 1.807) is 31.5 Å². The van der Waals surface area contributed by atoms with E-state index in [9.17, 15) is 5.11 Å². The Labute approximate surface area is 106 Å². The summed E-state index contributed by atoms with van der Waals surface area (Å²) in [7, 11) is 1.59. The van der Waals surface area contributed by atoms with Crippen molar-refractivity contribution in [1.82, 2.24) is 0 Å². The molecule has 0 amide bonds. The Kier molecular flexibility index (Phi) is 3.97. The molecular weight excluding hydrogens is 226 g/mol. The van der Waals surface area contributed by atoms with Crippen molar-refractivity contribution in [2.75, 3.05) is 7.11 Å². The highest BCUT2D eigenvalue weighted by molar-refractivity contribution is 5.84. The lowest BCUT2D eigenvalue weighted by Gasteiger charge is -2.03. The smallest absolute Gasteiger partial charge is 0.124 e. The number of nitrogens with zero attached hydrogens (tertiary/aromatic N) is 1. The molecule has 0 fully saturated rings. The number of phenols is 1. The molecule has 0 bridgehead atoms. The molecule has 0 atom stereocenters. The number of ether oxygens (including phenoxy) is 1. The van der Waals surface area contributed by atoms with E-state index in [4.69, 9.17) is 4.74 Å². The second kappa shape index (κ2) is 5.87. The van der Waals surface area contributed by atoms with Crippen molar-refractivity contribution < 1.29 is 9.84 Å². The largest absolute Gasteiger partial charge is 0.507 e. The minimum Gasteiger partial charge on any atom is -0.507 e. The SMILES string of the molecule is COc1ccc(O)c(C=NCc2ccccc2)c1. The molecule has 2 rings (SSSR count). The van der Waals surface area contributed by atoms with Crippen LogP contribution in [0.3, 0.4) is 0 Å². The van der Waals surface area contributed by atoms with Gasteiger partial charge in [-0.15, -0.1) is 0 Å². The van der Waals surface area contributed by atoms with Gasteiger partial charge in [0.15, 0.2) is 0 Å². The maximum atomic E-state index is 9.68. The van der Waals surface area contributed by atoms with E-state index in [1.165, 1.54) is 0 Å². The highest BCUT2D eigenvalue weighted by atomic mass is 16.5. The fraction of sp³-hybridized carbons (Fsp3) is 0.133. The lowest BCUT2D eigenvalue weighted by Crippen LogP contribution is -1.88. The topological polar surface area (TPSA) is 41.8 Å². The van der Waals surface area contributed by atoms with E-state index < -0.39 is 0 Å². The molecule has 0 aliphatic carbocycles. The Morgan fingerprint density at radius 1 is 1.17 bits per heavy atom. The van der Waals surface area contributed by atoms with Crippen LogP contribution in [0.4, 0.5) is 0 Å². The van der Waals surface area contributed by atoms with Crippen LogP contribution in [0.25, 0.3) is 0 Å². The number of aromatic hydroxyl groups is 1. The molecule has 0 saturated carbocycles. The van der Waals surface area contributed by atoms with Gasteiger partial charge in [-0.05, 0) is 23.8 Å². The number of benzene rings is 2. The molecule has 3 heteroatoms. The summed E-state index contributed by atoms with van der Waals surface area (Å²) in [4.78, 5) is 4.31. The van der Waals surface area contributed by atoms with Crippen molar-refractivity contribution in [2.45, 2.75) is 6.54 Å². The van der Waals surface area contributed by atoms with Gasteiger partial charge in [0.25, 0.3) is 0 Å². The van der Waals surface area contributed by atoms with Gasteiger partial charge in [0, 0.05) is 11.8 Å². The Morgan fingerprint density at radius 2 is 1.94 bits per heavy atom. The lowest BCUT2D eigenvalue weighted by molar-refractivity contribution is 0.412. The molecule has 92 valence electrons. The van der Waals surface area contributed by atoms with E-state index in [1.807, 2.05) is 30.3 Å². The van der Waals surface area contributed by atoms with Gasteiger partial charge in [-0.2, -0.15) is 0 Å². The molecule has 0 heterocycles. The van der Waals surface area contributed by atoms with E-state index in [0.29, 0.717) is 17.9 Å². The average Bonchev–Trinajstić information content (AvgIpc) is 2.42. The van der Waals surface area contributed by atoms with Gasteiger partial charge in [0.1, 0.15) is 11.5 Å². The maximum Gasteiger partial charge on any atom is 0.124 e. The second-order valence-electron chi connectivity index (χ2n) is 3.88. The molecule has 1 N–H and O–H groups in total. The van der Waals surface area contributed by atoms with Crippen molar-refractivity contribution >= 4 is 6.21 Å². The Hall–Kier alpha value is -2.29. The van der Waals surface area contributed by atoms with Crippen LogP contribution in [0.5, 0.6) is 11.5 Å². The number of hydrogen-bond donors (Lipinski definition) is 1. The Balaban J connectivity index is 2.09. The van der Waals surface area contributed by atoms with Crippen LogP contribution in [-0.2, 0) is 6.54 Å². The Bertz CT molecular complexity index is 535. The third-order valence-corrected chi connectivity index (χ3v) is 2.58. The molecule has 0 aromatic heterocycles. The van der Waals surface area contributed by atoms with Crippen LogP contribution >= 0.6 is 0 Å². The molecular formula is C15H15NO2. The van der Waals surface area contributed by atoms with Crippen LogP contribution in [0.1, 0.15) is 11.1 Å². The highest BCUT2D eigenvalue weighted by Crippen LogP contribution is 2.21. The van der Waals surface area contributed by atoms with Gasteiger partial charge in [0.2, 0.25) is 0 Å².